The highest BCUT2D eigenvalue weighted by atomic mass is 16.6. The predicted octanol–water partition coefficient (Wildman–Crippen LogP) is -2.70. The predicted molar refractivity (Wildman–Crippen MR) is 66.0 cm³/mol. The zero-order valence-corrected chi connectivity index (χ0v) is 11.6. The van der Waals surface area contributed by atoms with Crippen molar-refractivity contribution < 1.29 is 38.2 Å². The highest BCUT2D eigenvalue weighted by Crippen LogP contribution is 2.02. The second-order valence-electron chi connectivity index (χ2n) is 4.77. The van der Waals surface area contributed by atoms with Gasteiger partial charge >= 0.3 is 29.8 Å². The van der Waals surface area contributed by atoms with Gasteiger partial charge in [-0.3, -0.25) is 33.8 Å². The Morgan fingerprint density at radius 2 is 1.32 bits per heavy atom. The monoisotopic (exact) mass is 314 g/mol. The first-order valence-electron chi connectivity index (χ1n) is 6.50. The first-order chi connectivity index (χ1) is 10.4. The Morgan fingerprint density at radius 1 is 0.864 bits per heavy atom. The molecule has 2 aliphatic heterocycles. The van der Waals surface area contributed by atoms with E-state index < -0.39 is 29.8 Å². The Morgan fingerprint density at radius 3 is 1.82 bits per heavy atom. The van der Waals surface area contributed by atoms with E-state index in [4.69, 9.17) is 4.74 Å². The zero-order valence-electron chi connectivity index (χ0n) is 11.6. The van der Waals surface area contributed by atoms with Crippen molar-refractivity contribution in [2.24, 2.45) is 0 Å². The average Bonchev–Trinajstić information content (AvgIpc) is 2.35. The number of hydrogen-bond acceptors (Lipinski definition) is 10. The zero-order chi connectivity index (χ0) is 16.1. The van der Waals surface area contributed by atoms with Gasteiger partial charge in [0.05, 0.1) is 32.7 Å². The summed E-state index contributed by atoms with van der Waals surface area (Å²) in [6.07, 6.45) is 0. The fourth-order valence-electron chi connectivity index (χ4n) is 2.01. The van der Waals surface area contributed by atoms with E-state index in [9.17, 15) is 24.0 Å². The van der Waals surface area contributed by atoms with Crippen LogP contribution < -0.4 is 0 Å². The normalized spacial score (nSPS) is 20.5. The molecule has 2 rings (SSSR count). The van der Waals surface area contributed by atoms with E-state index in [2.05, 4.69) is 9.47 Å². The number of nitrogens with zero attached hydrogens (tertiary/aromatic N) is 2. The molecule has 2 aliphatic rings. The fraction of sp³-hybridized carbons (Fsp3) is 0.583. The Labute approximate surface area is 124 Å². The van der Waals surface area contributed by atoms with Crippen molar-refractivity contribution in [1.82, 2.24) is 9.80 Å². The van der Waals surface area contributed by atoms with Crippen LogP contribution in [0.5, 0.6) is 0 Å². The molecule has 0 aromatic rings. The smallest absolute Gasteiger partial charge is 0.327 e. The van der Waals surface area contributed by atoms with E-state index in [-0.39, 0.29) is 45.9 Å². The van der Waals surface area contributed by atoms with Crippen LogP contribution in [0.15, 0.2) is 0 Å². The standard InChI is InChI=1S/C12H14N2O8/c15-8(3-14-6-11(18)22-12(19)7-14)20-2-1-13-4-9(16)21-10(17)5-13/h1-7H2. The SMILES string of the molecule is O=C(CN1CC(=O)OC(=O)C1)OCCN1CC(=O)OC(=O)C1. The summed E-state index contributed by atoms with van der Waals surface area (Å²) in [6, 6.07) is 0. The number of ether oxygens (including phenoxy) is 3. The van der Waals surface area contributed by atoms with Crippen LogP contribution in [0.3, 0.4) is 0 Å². The van der Waals surface area contributed by atoms with E-state index >= 15 is 0 Å². The van der Waals surface area contributed by atoms with Crippen molar-refractivity contribution in [3.8, 4) is 0 Å². The summed E-state index contributed by atoms with van der Waals surface area (Å²) in [6.45, 7) is -0.451. The first-order valence-corrected chi connectivity index (χ1v) is 6.50. The van der Waals surface area contributed by atoms with Crippen LogP contribution in [0.4, 0.5) is 0 Å². The van der Waals surface area contributed by atoms with Crippen LogP contribution in [0, 0.1) is 0 Å². The number of rotatable bonds is 5. The lowest BCUT2D eigenvalue weighted by atomic mass is 10.4. The number of hydrogen-bond donors (Lipinski definition) is 0. The van der Waals surface area contributed by atoms with Gasteiger partial charge in [-0.25, -0.2) is 0 Å². The van der Waals surface area contributed by atoms with Gasteiger partial charge in [0.15, 0.2) is 0 Å². The van der Waals surface area contributed by atoms with Gasteiger partial charge in [0.25, 0.3) is 0 Å². The van der Waals surface area contributed by atoms with Crippen molar-refractivity contribution >= 4 is 29.8 Å². The molecule has 0 aromatic carbocycles. The summed E-state index contributed by atoms with van der Waals surface area (Å²) in [4.78, 5) is 58.5. The van der Waals surface area contributed by atoms with E-state index in [1.54, 1.807) is 0 Å². The Balaban J connectivity index is 1.67. The first kappa shape index (κ1) is 16.0. The minimum Gasteiger partial charge on any atom is -0.463 e. The van der Waals surface area contributed by atoms with Crippen LogP contribution in [0.1, 0.15) is 0 Å². The maximum absolute atomic E-state index is 11.6. The summed E-state index contributed by atoms with van der Waals surface area (Å²) < 4.78 is 13.6. The molecule has 0 unspecified atom stereocenters. The highest BCUT2D eigenvalue weighted by molar-refractivity contribution is 5.91. The third-order valence-corrected chi connectivity index (χ3v) is 2.89. The Kier molecular flexibility index (Phi) is 5.17. The molecule has 2 fully saturated rings. The third-order valence-electron chi connectivity index (χ3n) is 2.89. The number of carbonyl (C=O) groups excluding carboxylic acids is 5. The lowest BCUT2D eigenvalue weighted by molar-refractivity contribution is -0.168. The van der Waals surface area contributed by atoms with Crippen molar-refractivity contribution in [1.29, 1.82) is 0 Å². The Hall–Kier alpha value is -2.33. The highest BCUT2D eigenvalue weighted by Gasteiger charge is 2.27. The summed E-state index contributed by atoms with van der Waals surface area (Å²) in [5, 5.41) is 0. The van der Waals surface area contributed by atoms with E-state index in [0.29, 0.717) is 0 Å². The van der Waals surface area contributed by atoms with Gasteiger partial charge in [0.1, 0.15) is 6.61 Å². The second kappa shape index (κ2) is 7.09. The molecule has 2 heterocycles. The lowest BCUT2D eigenvalue weighted by Crippen LogP contribution is -2.46. The van der Waals surface area contributed by atoms with Crippen LogP contribution in [0.25, 0.3) is 0 Å². The van der Waals surface area contributed by atoms with E-state index in [0.717, 1.165) is 0 Å². The van der Waals surface area contributed by atoms with Gasteiger partial charge in [0.2, 0.25) is 0 Å². The minimum absolute atomic E-state index is 0.0222. The Bertz CT molecular complexity index is 485. The summed E-state index contributed by atoms with van der Waals surface area (Å²) in [5.74, 6) is -3.34. The molecule has 120 valence electrons. The molecular weight excluding hydrogens is 300 g/mol. The van der Waals surface area contributed by atoms with Crippen LogP contribution >= 0.6 is 0 Å². The largest absolute Gasteiger partial charge is 0.463 e. The number of esters is 5. The fourth-order valence-corrected chi connectivity index (χ4v) is 2.01. The molecule has 10 heteroatoms. The molecule has 0 saturated carbocycles. The topological polar surface area (TPSA) is 120 Å². The maximum Gasteiger partial charge on any atom is 0.327 e. The van der Waals surface area contributed by atoms with Crippen molar-refractivity contribution in [2.75, 3.05) is 45.9 Å². The molecule has 0 amide bonds. The third kappa shape index (κ3) is 4.90. The van der Waals surface area contributed by atoms with Crippen molar-refractivity contribution in [3.05, 3.63) is 0 Å². The van der Waals surface area contributed by atoms with Gasteiger partial charge < -0.3 is 14.2 Å². The van der Waals surface area contributed by atoms with Gasteiger partial charge in [0, 0.05) is 6.54 Å². The molecule has 0 atom stereocenters. The molecule has 0 spiro atoms. The molecule has 2 saturated heterocycles. The van der Waals surface area contributed by atoms with Gasteiger partial charge in [-0.2, -0.15) is 0 Å². The number of morpholine rings is 2. The van der Waals surface area contributed by atoms with Crippen LogP contribution in [0.2, 0.25) is 0 Å². The lowest BCUT2D eigenvalue weighted by Gasteiger charge is -2.24. The molecule has 0 bridgehead atoms. The summed E-state index contributed by atoms with van der Waals surface area (Å²) in [7, 11) is 0. The van der Waals surface area contributed by atoms with Gasteiger partial charge in [-0.1, -0.05) is 0 Å². The molecule has 10 nitrogen and oxygen atoms in total. The van der Waals surface area contributed by atoms with E-state index in [1.807, 2.05) is 0 Å². The maximum atomic E-state index is 11.6. The molecule has 0 N–H and O–H groups in total. The van der Waals surface area contributed by atoms with Crippen LogP contribution in [-0.4, -0.2) is 85.5 Å². The molecule has 0 aliphatic carbocycles. The van der Waals surface area contributed by atoms with E-state index in [1.165, 1.54) is 9.80 Å². The number of cyclic esters (lactones) is 4. The van der Waals surface area contributed by atoms with Crippen molar-refractivity contribution in [2.45, 2.75) is 0 Å². The summed E-state index contributed by atoms with van der Waals surface area (Å²) >= 11 is 0. The molecule has 0 radical (unpaired) electrons. The molecule has 0 aromatic heterocycles. The average molecular weight is 314 g/mol. The second-order valence-corrected chi connectivity index (χ2v) is 4.77. The molecular formula is C12H14N2O8. The minimum atomic E-state index is -0.714. The van der Waals surface area contributed by atoms with Crippen molar-refractivity contribution in [3.63, 3.8) is 0 Å². The quantitative estimate of drug-likeness (QED) is 0.301. The number of carbonyl (C=O) groups is 5. The van der Waals surface area contributed by atoms with Crippen LogP contribution in [-0.2, 0) is 38.2 Å². The van der Waals surface area contributed by atoms with Gasteiger partial charge in [-0.05, 0) is 0 Å². The summed E-state index contributed by atoms with van der Waals surface area (Å²) in [5.41, 5.74) is 0. The van der Waals surface area contributed by atoms with Gasteiger partial charge in [-0.15, -0.1) is 0 Å². The molecule has 22 heavy (non-hydrogen) atoms.